The fourth-order valence-corrected chi connectivity index (χ4v) is 0.990. The summed E-state index contributed by atoms with van der Waals surface area (Å²) in [6.45, 7) is 1.70. The quantitative estimate of drug-likeness (QED) is 0.691. The van der Waals surface area contributed by atoms with Gasteiger partial charge in [0.2, 0.25) is 15.9 Å². The first-order valence-electron chi connectivity index (χ1n) is 3.21. The van der Waals surface area contributed by atoms with Crippen LogP contribution < -0.4 is 4.72 Å². The molecule has 0 spiro atoms. The van der Waals surface area contributed by atoms with E-state index in [2.05, 4.69) is 19.4 Å². The molecule has 1 N–H and O–H groups in total. The molecule has 1 heterocycles. The molecule has 1 aromatic rings. The van der Waals surface area contributed by atoms with Gasteiger partial charge in [-0.15, -0.1) is 0 Å². The zero-order valence-corrected chi connectivity index (χ0v) is 7.55. The van der Waals surface area contributed by atoms with Gasteiger partial charge < -0.3 is 4.52 Å². The zero-order valence-electron chi connectivity index (χ0n) is 6.73. The van der Waals surface area contributed by atoms with Gasteiger partial charge in [0, 0.05) is 0 Å². The van der Waals surface area contributed by atoms with Gasteiger partial charge in [0.25, 0.3) is 0 Å². The molecule has 0 radical (unpaired) electrons. The molecule has 68 valence electrons. The van der Waals surface area contributed by atoms with Crippen molar-refractivity contribution >= 4 is 10.0 Å². The van der Waals surface area contributed by atoms with E-state index in [4.69, 9.17) is 0 Å². The minimum atomic E-state index is -3.19. The molecule has 0 aliphatic rings. The van der Waals surface area contributed by atoms with Gasteiger partial charge >= 0.3 is 0 Å². The van der Waals surface area contributed by atoms with E-state index < -0.39 is 10.0 Å². The highest BCUT2D eigenvalue weighted by Crippen LogP contribution is 1.94. The van der Waals surface area contributed by atoms with Gasteiger partial charge in [-0.3, -0.25) is 0 Å². The van der Waals surface area contributed by atoms with E-state index in [1.165, 1.54) is 0 Å². The molecule has 0 aromatic carbocycles. The van der Waals surface area contributed by atoms with E-state index >= 15 is 0 Å². The van der Waals surface area contributed by atoms with Gasteiger partial charge in [-0.25, -0.2) is 13.1 Å². The largest absolute Gasteiger partial charge is 0.338 e. The van der Waals surface area contributed by atoms with E-state index in [-0.39, 0.29) is 12.4 Å². The molecule has 12 heavy (non-hydrogen) atoms. The van der Waals surface area contributed by atoms with Crippen LogP contribution in [0, 0.1) is 6.92 Å². The van der Waals surface area contributed by atoms with Crippen molar-refractivity contribution in [3.63, 3.8) is 0 Å². The molecule has 7 heteroatoms. The number of sulfonamides is 1. The summed E-state index contributed by atoms with van der Waals surface area (Å²) in [5, 5.41) is 3.50. The second-order valence-electron chi connectivity index (χ2n) is 2.33. The normalized spacial score (nSPS) is 11.8. The summed E-state index contributed by atoms with van der Waals surface area (Å²) in [5.74, 6) is 0.748. The van der Waals surface area contributed by atoms with Crippen LogP contribution in [0.4, 0.5) is 0 Å². The first-order valence-corrected chi connectivity index (χ1v) is 5.10. The lowest BCUT2D eigenvalue weighted by atomic mass is 10.6. The van der Waals surface area contributed by atoms with Crippen LogP contribution in [0.1, 0.15) is 11.7 Å². The number of nitrogens with zero attached hydrogens (tertiary/aromatic N) is 2. The summed E-state index contributed by atoms with van der Waals surface area (Å²) in [6.07, 6.45) is 1.07. The van der Waals surface area contributed by atoms with Gasteiger partial charge in [-0.1, -0.05) is 5.16 Å². The first-order chi connectivity index (χ1) is 5.47. The highest BCUT2D eigenvalue weighted by atomic mass is 32.2. The maximum Gasteiger partial charge on any atom is 0.241 e. The van der Waals surface area contributed by atoms with Crippen LogP contribution in [0.15, 0.2) is 4.52 Å². The van der Waals surface area contributed by atoms with Crippen LogP contribution in [0.25, 0.3) is 0 Å². The predicted octanol–water partition coefficient (Wildman–Crippen LogP) is -0.573. The molecular formula is C5H9N3O3S. The molecule has 0 saturated carbocycles. The van der Waals surface area contributed by atoms with Crippen LogP contribution in [0.5, 0.6) is 0 Å². The van der Waals surface area contributed by atoms with E-state index in [1.54, 1.807) is 6.92 Å². The SMILES string of the molecule is Cc1noc(CNS(C)(=O)=O)n1. The lowest BCUT2D eigenvalue weighted by molar-refractivity contribution is 0.372. The van der Waals surface area contributed by atoms with Crippen molar-refractivity contribution in [1.82, 2.24) is 14.9 Å². The van der Waals surface area contributed by atoms with Gasteiger partial charge in [0.1, 0.15) is 0 Å². The Morgan fingerprint density at radius 3 is 2.67 bits per heavy atom. The van der Waals surface area contributed by atoms with Crippen molar-refractivity contribution in [2.24, 2.45) is 0 Å². The zero-order chi connectivity index (χ0) is 9.19. The molecule has 1 rings (SSSR count). The molecule has 0 fully saturated rings. The molecule has 0 saturated heterocycles. The van der Waals surface area contributed by atoms with Crippen molar-refractivity contribution in [1.29, 1.82) is 0 Å². The third kappa shape index (κ3) is 2.97. The van der Waals surface area contributed by atoms with E-state index in [1.807, 2.05) is 0 Å². The second kappa shape index (κ2) is 3.20. The smallest absolute Gasteiger partial charge is 0.241 e. The van der Waals surface area contributed by atoms with Crippen LogP contribution in [0.3, 0.4) is 0 Å². The Hall–Kier alpha value is -0.950. The highest BCUT2D eigenvalue weighted by molar-refractivity contribution is 7.88. The molecular weight excluding hydrogens is 182 g/mol. The monoisotopic (exact) mass is 191 g/mol. The summed E-state index contributed by atoms with van der Waals surface area (Å²) in [5.41, 5.74) is 0. The molecule has 1 aromatic heterocycles. The molecule has 6 nitrogen and oxygen atoms in total. The van der Waals surface area contributed by atoms with Crippen LogP contribution >= 0.6 is 0 Å². The lowest BCUT2D eigenvalue weighted by Crippen LogP contribution is -2.21. The summed E-state index contributed by atoms with van der Waals surface area (Å²) in [6, 6.07) is 0. The number of nitrogens with one attached hydrogen (secondary N) is 1. The maximum absolute atomic E-state index is 10.6. The van der Waals surface area contributed by atoms with Crippen LogP contribution in [-0.2, 0) is 16.6 Å². The van der Waals surface area contributed by atoms with Crippen molar-refractivity contribution in [2.75, 3.05) is 6.26 Å². The van der Waals surface area contributed by atoms with Gasteiger partial charge in [-0.05, 0) is 6.92 Å². The van der Waals surface area contributed by atoms with E-state index in [9.17, 15) is 8.42 Å². The van der Waals surface area contributed by atoms with E-state index in [0.717, 1.165) is 6.26 Å². The summed E-state index contributed by atoms with van der Waals surface area (Å²) in [7, 11) is -3.19. The number of aromatic nitrogens is 2. The second-order valence-corrected chi connectivity index (χ2v) is 4.16. The fraction of sp³-hybridized carbons (Fsp3) is 0.600. The summed E-state index contributed by atoms with van der Waals surface area (Å²) in [4.78, 5) is 3.81. The highest BCUT2D eigenvalue weighted by Gasteiger charge is 2.05. The Morgan fingerprint density at radius 1 is 1.58 bits per heavy atom. The Labute approximate surface area is 70.0 Å². The third-order valence-electron chi connectivity index (χ3n) is 1.06. The maximum atomic E-state index is 10.6. The first kappa shape index (κ1) is 9.14. The molecule has 0 aliphatic carbocycles. The topological polar surface area (TPSA) is 85.1 Å². The number of hydrogen-bond acceptors (Lipinski definition) is 5. The van der Waals surface area contributed by atoms with Gasteiger partial charge in [-0.2, -0.15) is 4.98 Å². The van der Waals surface area contributed by atoms with Crippen molar-refractivity contribution in [2.45, 2.75) is 13.5 Å². The molecule has 0 unspecified atom stereocenters. The average Bonchev–Trinajstić information content (AvgIpc) is 2.30. The number of hydrogen-bond donors (Lipinski definition) is 1. The predicted molar refractivity (Wildman–Crippen MR) is 40.7 cm³/mol. The fourth-order valence-electron chi connectivity index (χ4n) is 0.605. The van der Waals surface area contributed by atoms with Crippen LogP contribution in [0.2, 0.25) is 0 Å². The number of rotatable bonds is 3. The Balaban J connectivity index is 2.55. The van der Waals surface area contributed by atoms with E-state index in [0.29, 0.717) is 5.82 Å². The van der Waals surface area contributed by atoms with Crippen molar-refractivity contribution < 1.29 is 12.9 Å². The molecule has 0 amide bonds. The van der Waals surface area contributed by atoms with Crippen LogP contribution in [-0.4, -0.2) is 24.8 Å². The summed E-state index contributed by atoms with van der Waals surface area (Å²) >= 11 is 0. The summed E-state index contributed by atoms with van der Waals surface area (Å²) < 4.78 is 28.1. The third-order valence-corrected chi connectivity index (χ3v) is 1.72. The minimum Gasteiger partial charge on any atom is -0.338 e. The standard InChI is InChI=1S/C5H9N3O3S/c1-4-7-5(11-8-4)3-6-12(2,9)10/h6H,3H2,1-2H3. The Bertz CT molecular complexity index is 356. The van der Waals surface area contributed by atoms with Gasteiger partial charge in [0.05, 0.1) is 12.8 Å². The lowest BCUT2D eigenvalue weighted by Gasteiger charge is -1.94. The molecule has 0 bridgehead atoms. The van der Waals surface area contributed by atoms with Crippen molar-refractivity contribution in [3.05, 3.63) is 11.7 Å². The average molecular weight is 191 g/mol. The van der Waals surface area contributed by atoms with Gasteiger partial charge in [0.15, 0.2) is 5.82 Å². The molecule has 0 aliphatic heterocycles. The number of aryl methyl sites for hydroxylation is 1. The Kier molecular flexibility index (Phi) is 2.43. The van der Waals surface area contributed by atoms with Crippen molar-refractivity contribution in [3.8, 4) is 0 Å². The molecule has 0 atom stereocenters. The Morgan fingerprint density at radius 2 is 2.25 bits per heavy atom. The minimum absolute atomic E-state index is 0.0413.